The first-order valence-electron chi connectivity index (χ1n) is 10.9. The van der Waals surface area contributed by atoms with E-state index in [4.69, 9.17) is 22.1 Å². The predicted molar refractivity (Wildman–Crippen MR) is 127 cm³/mol. The highest BCUT2D eigenvalue weighted by molar-refractivity contribution is 6.32. The Morgan fingerprint density at radius 1 is 1.17 bits per heavy atom. The number of nitrogens with two attached hydrogens (primary N) is 1. The summed E-state index contributed by atoms with van der Waals surface area (Å²) >= 11 is 5.96. The Kier molecular flexibility index (Phi) is 8.75. The Balaban J connectivity index is 0.000000202. The van der Waals surface area contributed by atoms with Crippen LogP contribution >= 0.6 is 11.6 Å². The number of primary amides is 1. The topological polar surface area (TPSA) is 107 Å². The maximum Gasteiger partial charge on any atom is 0.435 e. The molecule has 0 unspecified atom stereocenters. The minimum atomic E-state index is -4.53. The van der Waals surface area contributed by atoms with Crippen LogP contribution < -0.4 is 15.4 Å². The molecule has 2 amide bonds. The zero-order valence-electron chi connectivity index (χ0n) is 19.3. The van der Waals surface area contributed by atoms with Gasteiger partial charge in [0, 0.05) is 38.4 Å². The first kappa shape index (κ1) is 26.8. The Hall–Kier alpha value is -3.80. The van der Waals surface area contributed by atoms with E-state index in [1.165, 1.54) is 0 Å². The second-order valence-electron chi connectivity index (χ2n) is 7.53. The monoisotopic (exact) mass is 524 g/mol. The van der Waals surface area contributed by atoms with Crippen molar-refractivity contribution in [2.24, 2.45) is 5.73 Å². The maximum atomic E-state index is 12.7. The molecule has 1 saturated heterocycles. The molecule has 9 nitrogen and oxygen atoms in total. The van der Waals surface area contributed by atoms with Gasteiger partial charge in [0.2, 0.25) is 12.3 Å². The predicted octanol–water partition coefficient (Wildman–Crippen LogP) is 3.40. The number of halogens is 4. The molecule has 3 heterocycles. The van der Waals surface area contributed by atoms with Gasteiger partial charge in [-0.1, -0.05) is 23.7 Å². The smallest absolute Gasteiger partial charge is 0.435 e. The number of carbonyl (C=O) groups is 2. The van der Waals surface area contributed by atoms with Gasteiger partial charge >= 0.3 is 6.18 Å². The maximum absolute atomic E-state index is 12.7. The number of para-hydroxylation sites is 1. The molecule has 13 heteroatoms. The summed E-state index contributed by atoms with van der Waals surface area (Å²) < 4.78 is 44.2. The number of hydrogen-bond acceptors (Lipinski definition) is 6. The van der Waals surface area contributed by atoms with Crippen molar-refractivity contribution in [2.75, 3.05) is 37.7 Å². The number of benzene rings is 1. The molecule has 3 aromatic rings. The van der Waals surface area contributed by atoms with Crippen LogP contribution in [0.1, 0.15) is 23.0 Å². The van der Waals surface area contributed by atoms with Gasteiger partial charge in [-0.15, -0.1) is 0 Å². The molecular formula is C23H24ClF3N6O3. The quantitative estimate of drug-likeness (QED) is 0.495. The molecule has 4 rings (SSSR count). The fourth-order valence-corrected chi connectivity index (χ4v) is 3.65. The first-order chi connectivity index (χ1) is 17.2. The summed E-state index contributed by atoms with van der Waals surface area (Å²) in [6.07, 6.45) is -2.06. The summed E-state index contributed by atoms with van der Waals surface area (Å²) in [5.41, 5.74) is 5.04. The summed E-state index contributed by atoms with van der Waals surface area (Å²) in [7, 11) is 0. The van der Waals surface area contributed by atoms with Gasteiger partial charge in [-0.2, -0.15) is 23.0 Å². The molecule has 0 aliphatic carbocycles. The number of carbonyl (C=O) groups excluding carboxylic acids is 2. The van der Waals surface area contributed by atoms with Gasteiger partial charge < -0.3 is 20.3 Å². The summed E-state index contributed by atoms with van der Waals surface area (Å²) in [5.74, 6) is 0.124. The number of piperazine rings is 1. The number of ether oxygens (including phenoxy) is 1. The standard InChI is InChI=1S/C12H10ClF3N2O.C11H14N4O2/c1-2-19-11-7-10(12(14,15)16)17-18(11)9-6-4-3-5-8(9)13;12-10(17)9-2-1-3-13-11(9)15-6-4-14(8-16)5-7-15/h3-7H,2H2,1H3;1-3,8H,4-7H2,(H2,12,17). The minimum Gasteiger partial charge on any atom is -0.478 e. The molecule has 2 N–H and O–H groups in total. The molecule has 0 radical (unpaired) electrons. The van der Waals surface area contributed by atoms with Gasteiger partial charge in [0.1, 0.15) is 5.82 Å². The normalized spacial score (nSPS) is 13.6. The molecule has 2 aromatic heterocycles. The molecule has 36 heavy (non-hydrogen) atoms. The number of anilines is 1. The van der Waals surface area contributed by atoms with E-state index < -0.39 is 17.8 Å². The largest absolute Gasteiger partial charge is 0.478 e. The van der Waals surface area contributed by atoms with Crippen molar-refractivity contribution in [3.05, 3.63) is 64.9 Å². The Bertz CT molecular complexity index is 1200. The van der Waals surface area contributed by atoms with Crippen LogP contribution in [-0.4, -0.2) is 64.8 Å². The lowest BCUT2D eigenvalue weighted by molar-refractivity contribution is -0.141. The molecule has 1 aromatic carbocycles. The van der Waals surface area contributed by atoms with Crippen LogP contribution in [0.25, 0.3) is 5.69 Å². The third kappa shape index (κ3) is 6.45. The average molecular weight is 525 g/mol. The highest BCUT2D eigenvalue weighted by Gasteiger charge is 2.35. The lowest BCUT2D eigenvalue weighted by atomic mass is 10.2. The molecule has 1 aliphatic heterocycles. The van der Waals surface area contributed by atoms with Crippen LogP contribution in [0.2, 0.25) is 5.02 Å². The molecule has 1 aliphatic rings. The SMILES string of the molecule is CCOc1cc(C(F)(F)F)nn1-c1ccccc1Cl.NC(=O)c1cccnc1N1CCN(C=O)CC1. The van der Waals surface area contributed by atoms with E-state index in [-0.39, 0.29) is 12.5 Å². The van der Waals surface area contributed by atoms with Crippen molar-refractivity contribution in [1.82, 2.24) is 19.7 Å². The first-order valence-corrected chi connectivity index (χ1v) is 11.3. The molecule has 0 saturated carbocycles. The lowest BCUT2D eigenvalue weighted by Crippen LogP contribution is -2.46. The van der Waals surface area contributed by atoms with E-state index in [9.17, 15) is 22.8 Å². The third-order valence-corrected chi connectivity index (χ3v) is 5.47. The molecule has 0 bridgehead atoms. The molecule has 0 spiro atoms. The zero-order chi connectivity index (χ0) is 26.3. The van der Waals surface area contributed by atoms with Gasteiger partial charge in [0.05, 0.1) is 22.9 Å². The Morgan fingerprint density at radius 3 is 2.44 bits per heavy atom. The molecule has 1 fully saturated rings. The number of pyridine rings is 1. The molecule has 192 valence electrons. The van der Waals surface area contributed by atoms with Crippen LogP contribution in [0.4, 0.5) is 19.0 Å². The Labute approximate surface area is 210 Å². The van der Waals surface area contributed by atoms with Crippen molar-refractivity contribution < 1.29 is 27.5 Å². The number of rotatable bonds is 6. The minimum absolute atomic E-state index is 0.00271. The van der Waals surface area contributed by atoms with Crippen LogP contribution in [0.15, 0.2) is 48.7 Å². The second kappa shape index (κ2) is 11.8. The van der Waals surface area contributed by atoms with Crippen molar-refractivity contribution in [3.63, 3.8) is 0 Å². The molecular weight excluding hydrogens is 501 g/mol. The van der Waals surface area contributed by atoms with E-state index in [2.05, 4.69) is 10.1 Å². The van der Waals surface area contributed by atoms with Crippen LogP contribution in [-0.2, 0) is 11.0 Å². The van der Waals surface area contributed by atoms with E-state index >= 15 is 0 Å². The van der Waals surface area contributed by atoms with Gasteiger partial charge in [0.15, 0.2) is 5.69 Å². The summed E-state index contributed by atoms with van der Waals surface area (Å²) in [4.78, 5) is 29.7. The number of nitrogens with zero attached hydrogens (tertiary/aromatic N) is 5. The third-order valence-electron chi connectivity index (χ3n) is 5.15. The van der Waals surface area contributed by atoms with Gasteiger partial charge in [0.25, 0.3) is 5.91 Å². The Morgan fingerprint density at radius 2 is 1.86 bits per heavy atom. The fourth-order valence-electron chi connectivity index (χ4n) is 3.43. The van der Waals surface area contributed by atoms with Crippen LogP contribution in [0, 0.1) is 0 Å². The summed E-state index contributed by atoms with van der Waals surface area (Å²) in [6.45, 7) is 4.51. The second-order valence-corrected chi connectivity index (χ2v) is 7.94. The average Bonchev–Trinajstić information content (AvgIpc) is 3.29. The number of amides is 2. The van der Waals surface area contributed by atoms with E-state index in [0.29, 0.717) is 48.3 Å². The van der Waals surface area contributed by atoms with E-state index in [0.717, 1.165) is 17.2 Å². The lowest BCUT2D eigenvalue weighted by Gasteiger charge is -2.33. The fraction of sp³-hybridized carbons (Fsp3) is 0.304. The summed E-state index contributed by atoms with van der Waals surface area (Å²) in [5, 5.41) is 3.81. The number of aromatic nitrogens is 3. The van der Waals surface area contributed by atoms with Gasteiger partial charge in [-0.25, -0.2) is 4.98 Å². The van der Waals surface area contributed by atoms with Gasteiger partial charge in [-0.3, -0.25) is 9.59 Å². The zero-order valence-corrected chi connectivity index (χ0v) is 20.0. The number of hydrogen-bond donors (Lipinski definition) is 1. The van der Waals surface area contributed by atoms with E-state index in [1.807, 2.05) is 4.90 Å². The van der Waals surface area contributed by atoms with Gasteiger partial charge in [-0.05, 0) is 31.2 Å². The van der Waals surface area contributed by atoms with Crippen molar-refractivity contribution in [3.8, 4) is 11.6 Å². The van der Waals surface area contributed by atoms with Crippen LogP contribution in [0.3, 0.4) is 0 Å². The van der Waals surface area contributed by atoms with Crippen LogP contribution in [0.5, 0.6) is 5.88 Å². The van der Waals surface area contributed by atoms with Crippen molar-refractivity contribution in [1.29, 1.82) is 0 Å². The highest BCUT2D eigenvalue weighted by atomic mass is 35.5. The highest BCUT2D eigenvalue weighted by Crippen LogP contribution is 2.33. The summed E-state index contributed by atoms with van der Waals surface area (Å²) in [6, 6.07) is 10.7. The molecule has 0 atom stereocenters. The number of alkyl halides is 3. The van der Waals surface area contributed by atoms with Crippen molar-refractivity contribution in [2.45, 2.75) is 13.1 Å². The van der Waals surface area contributed by atoms with Crippen molar-refractivity contribution >= 4 is 29.7 Å². The van der Waals surface area contributed by atoms with E-state index in [1.54, 1.807) is 54.4 Å².